The van der Waals surface area contributed by atoms with Crippen molar-refractivity contribution in [1.82, 2.24) is 14.7 Å². The van der Waals surface area contributed by atoms with Crippen LogP contribution < -0.4 is 27.8 Å². The number of benzene rings is 9. The second-order valence-electron chi connectivity index (χ2n) is 23.0. The van der Waals surface area contributed by atoms with Crippen molar-refractivity contribution in [2.24, 2.45) is 0 Å². The fraction of sp³-hybridized carbons (Fsp3) is 0.231. The molecule has 92 heavy (non-hydrogen) atoms. The average Bonchev–Trinajstić information content (AvgIpc) is 3.79. The van der Waals surface area contributed by atoms with Gasteiger partial charge in [-0.25, -0.2) is 0 Å². The summed E-state index contributed by atoms with van der Waals surface area (Å²) in [5.41, 5.74) is 15.8. The second kappa shape index (κ2) is 33.4. The first-order chi connectivity index (χ1) is 44.5. The summed E-state index contributed by atoms with van der Waals surface area (Å²) in [6.07, 6.45) is 2.26. The Morgan fingerprint density at radius 1 is 0.293 bits per heavy atom. The molecule has 0 unspecified atom stereocenters. The Morgan fingerprint density at radius 3 is 0.663 bits per heavy atom. The first kappa shape index (κ1) is 68.9. The molecule has 14 heteroatoms. The number of rotatable bonds is 30. The minimum absolute atomic E-state index is 0.291. The Bertz CT molecular complexity index is 3550. The summed E-state index contributed by atoms with van der Waals surface area (Å²) in [5.74, 6) is 3.26. The predicted octanol–water partition coefficient (Wildman–Crippen LogP) is 20.5. The van der Waals surface area contributed by atoms with Crippen molar-refractivity contribution in [1.29, 1.82) is 0 Å². The smallest absolute Gasteiger partial charge is 0.492 e. The normalized spacial score (nSPS) is 12.5. The lowest BCUT2D eigenvalue weighted by atomic mass is 9.88. The fourth-order valence-electron chi connectivity index (χ4n) is 10.8. The van der Waals surface area contributed by atoms with E-state index in [1.165, 1.54) is 0 Å². The maximum Gasteiger partial charge on any atom is 0.647 e. The van der Waals surface area contributed by atoms with Crippen LogP contribution in [0.3, 0.4) is 0 Å². The van der Waals surface area contributed by atoms with Crippen molar-refractivity contribution in [2.75, 3.05) is 81.7 Å². The maximum atomic E-state index is 15.8. The zero-order valence-electron chi connectivity index (χ0n) is 53.9. The van der Waals surface area contributed by atoms with Crippen LogP contribution in [0.2, 0.25) is 0 Å². The third-order valence-corrected chi connectivity index (χ3v) is 18.4. The highest BCUT2D eigenvalue weighted by atomic mass is 79.9. The van der Waals surface area contributed by atoms with Gasteiger partial charge in [0.05, 0.1) is 0 Å². The number of likely N-dealkylation sites (N-methyl/N-ethyl adjacent to an activating group) is 3. The van der Waals surface area contributed by atoms with Crippen molar-refractivity contribution >= 4 is 89.1 Å². The average molecular weight is 1440 g/mol. The third kappa shape index (κ3) is 19.1. The van der Waals surface area contributed by atoms with E-state index >= 15 is 4.57 Å². The predicted molar refractivity (Wildman–Crippen MR) is 391 cm³/mol. The maximum absolute atomic E-state index is 15.8. The van der Waals surface area contributed by atoms with Crippen molar-refractivity contribution < 1.29 is 32.3 Å². The van der Waals surface area contributed by atoms with E-state index in [0.29, 0.717) is 37.1 Å². The zero-order valence-corrected chi connectivity index (χ0v) is 59.6. The Balaban J connectivity index is 1.10. The molecule has 476 valence electrons. The molecule has 9 aromatic rings. The molecule has 0 amide bonds. The largest absolute Gasteiger partial charge is 0.647 e. The van der Waals surface area contributed by atoms with Gasteiger partial charge in [-0.1, -0.05) is 178 Å². The Kier molecular flexibility index (Phi) is 25.0. The molecule has 0 saturated carbocycles. The summed E-state index contributed by atoms with van der Waals surface area (Å²) in [6.45, 7) is 10.7. The van der Waals surface area contributed by atoms with E-state index in [0.717, 1.165) is 153 Å². The van der Waals surface area contributed by atoms with E-state index in [-0.39, 0.29) is 0 Å². The highest BCUT2D eigenvalue weighted by Gasteiger charge is 2.34. The molecule has 0 saturated heterocycles. The van der Waals surface area contributed by atoms with Crippen LogP contribution in [0, 0.1) is 0 Å². The summed E-state index contributed by atoms with van der Waals surface area (Å²) >= 11 is 10.9. The van der Waals surface area contributed by atoms with Gasteiger partial charge in [0.15, 0.2) is 0 Å². The van der Waals surface area contributed by atoms with E-state index in [1.807, 2.05) is 151 Å². The van der Waals surface area contributed by atoms with E-state index in [4.69, 9.17) is 27.8 Å². The Labute approximate surface area is 570 Å². The Hall–Kier alpha value is -7.45. The van der Waals surface area contributed by atoms with Crippen molar-refractivity contribution in [3.8, 4) is 34.5 Å². The Morgan fingerprint density at radius 2 is 0.478 bits per heavy atom. The molecule has 0 aliphatic heterocycles. The van der Waals surface area contributed by atoms with Gasteiger partial charge in [-0.2, -0.15) is 4.57 Å². The van der Waals surface area contributed by atoms with Crippen LogP contribution in [0.1, 0.15) is 90.1 Å². The minimum atomic E-state index is -4.57. The molecular weight excluding hydrogens is 1360 g/mol. The highest BCUT2D eigenvalue weighted by molar-refractivity contribution is 9.11. The fourth-order valence-corrected chi connectivity index (χ4v) is 12.8. The number of phosphoric ester groups is 1. The van der Waals surface area contributed by atoms with Crippen molar-refractivity contribution in [3.63, 3.8) is 0 Å². The first-order valence-electron chi connectivity index (χ1n) is 31.1. The molecule has 0 fully saturated rings. The van der Waals surface area contributed by atoms with Crippen LogP contribution in [-0.2, 0) is 4.57 Å². The standard InChI is InChI=1S/C78H81Br3N3O7P/c1-10-73(55-13-31-64(79)32-14-55)76(58-19-37-67(38-20-58)86-52-49-82(4)5)61-25-43-70(44-26-61)89-92(85,90-71-45-27-62(28-46-71)77(74(11-2)56-15-33-65(80)34-16-56)59-21-39-68(40-22-59)87-53-50-83(6)7)91-72-47-29-63(30-48-72)78(75(12-3)57-17-35-66(81)36-18-57)60-23-41-69(42-24-60)88-54-51-84(8)9/h13-48H,10-12,49-54H2,1-9H3/b76-73+,77-74+,78-75+. The molecule has 0 aromatic heterocycles. The number of nitrogens with zero attached hydrogens (tertiary/aromatic N) is 3. The molecule has 9 rings (SSSR count). The second-order valence-corrected chi connectivity index (χ2v) is 27.2. The van der Waals surface area contributed by atoms with Crippen molar-refractivity contribution in [2.45, 2.75) is 40.0 Å². The number of allylic oxidation sites excluding steroid dienone is 3. The van der Waals surface area contributed by atoms with Crippen molar-refractivity contribution in [3.05, 3.63) is 282 Å². The molecule has 10 nitrogen and oxygen atoms in total. The van der Waals surface area contributed by atoms with Crippen LogP contribution >= 0.6 is 55.6 Å². The van der Waals surface area contributed by atoms with Crippen LogP contribution in [0.25, 0.3) is 33.4 Å². The highest BCUT2D eigenvalue weighted by Crippen LogP contribution is 2.51. The molecule has 9 aromatic carbocycles. The van der Waals surface area contributed by atoms with Gasteiger partial charge in [0.25, 0.3) is 0 Å². The van der Waals surface area contributed by atoms with Gasteiger partial charge in [-0.15, -0.1) is 0 Å². The monoisotopic (exact) mass is 1440 g/mol. The van der Waals surface area contributed by atoms with E-state index in [2.05, 4.69) is 192 Å². The van der Waals surface area contributed by atoms with Crippen LogP contribution in [0.15, 0.2) is 232 Å². The molecule has 0 atom stereocenters. The topological polar surface area (TPSA) is 82.2 Å². The van der Waals surface area contributed by atoms with E-state index in [1.54, 1.807) is 0 Å². The molecule has 0 heterocycles. The first-order valence-corrected chi connectivity index (χ1v) is 34.9. The molecule has 0 spiro atoms. The third-order valence-electron chi connectivity index (χ3n) is 15.5. The van der Waals surface area contributed by atoms with Gasteiger partial charge in [0.1, 0.15) is 54.3 Å². The lowest BCUT2D eigenvalue weighted by molar-refractivity contribution is 0.261. The van der Waals surface area contributed by atoms with E-state index < -0.39 is 7.82 Å². The van der Waals surface area contributed by atoms with E-state index in [9.17, 15) is 0 Å². The quantitative estimate of drug-likeness (QED) is 0.0321. The number of hydrogen-bond acceptors (Lipinski definition) is 10. The van der Waals surface area contributed by atoms with Gasteiger partial charge in [-0.3, -0.25) is 0 Å². The number of hydrogen-bond donors (Lipinski definition) is 0. The summed E-state index contributed by atoms with van der Waals surface area (Å²) in [6, 6.07) is 72.9. The van der Waals surface area contributed by atoms with Gasteiger partial charge in [0, 0.05) is 33.1 Å². The summed E-state index contributed by atoms with van der Waals surface area (Å²) in [7, 11) is 7.63. The number of halogens is 3. The number of phosphoric acid groups is 1. The molecule has 0 bridgehead atoms. The molecule has 0 radical (unpaired) electrons. The van der Waals surface area contributed by atoms with Crippen LogP contribution in [-0.4, -0.2) is 96.4 Å². The summed E-state index contributed by atoms with van der Waals surface area (Å²) in [4.78, 5) is 6.30. The molecule has 0 aliphatic carbocycles. The lowest BCUT2D eigenvalue weighted by Gasteiger charge is -2.21. The molecular formula is C78H81Br3N3O7P. The summed E-state index contributed by atoms with van der Waals surface area (Å²) in [5, 5.41) is 0. The van der Waals surface area contributed by atoms with Crippen LogP contribution in [0.5, 0.6) is 34.5 Å². The van der Waals surface area contributed by atoms with Gasteiger partial charge < -0.3 is 42.5 Å². The molecule has 0 aliphatic rings. The SMILES string of the molecule is CC/C(=C(/c1ccc(OCCN(C)C)cc1)c1ccc(OP(=O)(Oc2ccc(/C(=C(\CC)c3ccc(Br)cc3)c3ccc(OCCN(C)C)cc3)cc2)Oc2ccc(/C(=C(\CC)c3ccc(Br)cc3)c3ccc(OCCN(C)C)cc3)cc2)cc1)c1ccc(Br)cc1. The van der Waals surface area contributed by atoms with Crippen LogP contribution in [0.4, 0.5) is 0 Å². The molecule has 0 N–H and O–H groups in total. The summed E-state index contributed by atoms with van der Waals surface area (Å²) < 4.78 is 56.9. The van der Waals surface area contributed by atoms with Gasteiger partial charge in [-0.05, 0) is 254 Å². The number of ether oxygens (including phenoxy) is 3. The van der Waals surface area contributed by atoms with Gasteiger partial charge in [0.2, 0.25) is 0 Å². The zero-order chi connectivity index (χ0) is 65.2. The van der Waals surface area contributed by atoms with Gasteiger partial charge >= 0.3 is 7.82 Å². The lowest BCUT2D eigenvalue weighted by Crippen LogP contribution is -2.19. The minimum Gasteiger partial charge on any atom is -0.492 e.